The van der Waals surface area contributed by atoms with E-state index in [2.05, 4.69) is 31.2 Å². The van der Waals surface area contributed by atoms with Gasteiger partial charge in [-0.25, -0.2) is 4.98 Å². The standard InChI is InChI=1S/C14H12BrF3N4S/c1-2-23-11-3-9(15)7-22-13(11)21-6-8-5-20-12(4-10(8)19)14(16,17)18/h3-7,19H,2H2,1H3,(H,21,22)/b8-6-,19-10?. The van der Waals surface area contributed by atoms with Crippen LogP contribution in [0.1, 0.15) is 6.92 Å². The van der Waals surface area contributed by atoms with Gasteiger partial charge in [0.15, 0.2) is 0 Å². The van der Waals surface area contributed by atoms with Crippen LogP contribution in [0.25, 0.3) is 0 Å². The van der Waals surface area contributed by atoms with Crippen LogP contribution in [0.2, 0.25) is 0 Å². The summed E-state index contributed by atoms with van der Waals surface area (Å²) in [6, 6.07) is 1.89. The number of aromatic nitrogens is 1. The van der Waals surface area contributed by atoms with Gasteiger partial charge in [-0.1, -0.05) is 6.92 Å². The highest BCUT2D eigenvalue weighted by molar-refractivity contribution is 9.10. The SMILES string of the molecule is CCSc1cc(Br)cnc1N/C=C1/C=NC(C(F)(F)F)=CC1=N. The molecule has 0 fully saturated rings. The smallest absolute Gasteiger partial charge is 0.345 e. The number of allylic oxidation sites excluding steroid dienone is 3. The highest BCUT2D eigenvalue weighted by Gasteiger charge is 2.35. The number of alkyl halides is 3. The maximum Gasteiger partial charge on any atom is 0.433 e. The highest BCUT2D eigenvalue weighted by Crippen LogP contribution is 2.30. The van der Waals surface area contributed by atoms with Crippen LogP contribution < -0.4 is 5.32 Å². The number of aliphatic imine (C=N–C) groups is 1. The number of hydrogen-bond acceptors (Lipinski definition) is 5. The average Bonchev–Trinajstić information content (AvgIpc) is 2.47. The van der Waals surface area contributed by atoms with Crippen molar-refractivity contribution in [3.8, 4) is 0 Å². The predicted octanol–water partition coefficient (Wildman–Crippen LogP) is 4.80. The fourth-order valence-electron chi connectivity index (χ4n) is 1.68. The minimum absolute atomic E-state index is 0.246. The normalized spacial score (nSPS) is 16.7. The van der Waals surface area contributed by atoms with Crippen LogP contribution in [-0.2, 0) is 0 Å². The van der Waals surface area contributed by atoms with Gasteiger partial charge in [-0.05, 0) is 33.8 Å². The summed E-state index contributed by atoms with van der Waals surface area (Å²) in [6.07, 6.45) is 0.196. The molecule has 0 aromatic carbocycles. The maximum atomic E-state index is 12.5. The van der Waals surface area contributed by atoms with Crippen molar-refractivity contribution in [2.75, 3.05) is 11.1 Å². The van der Waals surface area contributed by atoms with E-state index >= 15 is 0 Å². The van der Waals surface area contributed by atoms with Gasteiger partial charge in [0.05, 0.1) is 10.6 Å². The van der Waals surface area contributed by atoms with Crippen molar-refractivity contribution in [1.82, 2.24) is 4.98 Å². The molecule has 0 saturated carbocycles. The van der Waals surface area contributed by atoms with Gasteiger partial charge in [-0.3, -0.25) is 4.99 Å². The first-order chi connectivity index (χ1) is 10.8. The fraction of sp³-hybridized carbons (Fsp3) is 0.214. The molecule has 4 nitrogen and oxygen atoms in total. The molecule has 1 aliphatic rings. The number of rotatable bonds is 4. The van der Waals surface area contributed by atoms with Crippen LogP contribution in [-0.4, -0.2) is 28.8 Å². The summed E-state index contributed by atoms with van der Waals surface area (Å²) >= 11 is 4.92. The third-order valence-electron chi connectivity index (χ3n) is 2.71. The summed E-state index contributed by atoms with van der Waals surface area (Å²) in [5, 5.41) is 10.6. The molecule has 1 aliphatic heterocycles. The molecular formula is C14H12BrF3N4S. The minimum Gasteiger partial charge on any atom is -0.345 e. The van der Waals surface area contributed by atoms with Crippen molar-refractivity contribution in [3.05, 3.63) is 40.3 Å². The number of anilines is 1. The zero-order chi connectivity index (χ0) is 17.0. The number of nitrogens with zero attached hydrogens (tertiary/aromatic N) is 2. The van der Waals surface area contributed by atoms with Gasteiger partial charge in [0.25, 0.3) is 0 Å². The van der Waals surface area contributed by atoms with Crippen molar-refractivity contribution in [2.45, 2.75) is 18.0 Å². The summed E-state index contributed by atoms with van der Waals surface area (Å²) in [5.41, 5.74) is -1.10. The van der Waals surface area contributed by atoms with E-state index in [-0.39, 0.29) is 11.3 Å². The van der Waals surface area contributed by atoms with E-state index in [1.807, 2.05) is 13.0 Å². The summed E-state index contributed by atoms with van der Waals surface area (Å²) < 4.78 is 38.4. The molecule has 2 rings (SSSR count). The van der Waals surface area contributed by atoms with E-state index in [9.17, 15) is 13.2 Å². The van der Waals surface area contributed by atoms with Crippen molar-refractivity contribution < 1.29 is 13.2 Å². The van der Waals surface area contributed by atoms with E-state index in [1.54, 1.807) is 18.0 Å². The lowest BCUT2D eigenvalue weighted by Gasteiger charge is -2.13. The fourth-order valence-corrected chi connectivity index (χ4v) is 2.93. The Morgan fingerprint density at radius 2 is 2.17 bits per heavy atom. The third-order valence-corrected chi connectivity index (χ3v) is 4.05. The molecule has 2 N–H and O–H groups in total. The number of halogens is 4. The first-order valence-electron chi connectivity index (χ1n) is 6.48. The first-order valence-corrected chi connectivity index (χ1v) is 8.26. The van der Waals surface area contributed by atoms with Gasteiger partial charge in [-0.15, -0.1) is 11.8 Å². The molecule has 0 bridgehead atoms. The summed E-state index contributed by atoms with van der Waals surface area (Å²) in [5.74, 6) is 1.41. The first kappa shape index (κ1) is 17.7. The molecule has 122 valence electrons. The molecule has 0 radical (unpaired) electrons. The Balaban J connectivity index is 2.18. The molecule has 0 amide bonds. The Kier molecular flexibility index (Phi) is 5.64. The van der Waals surface area contributed by atoms with Crippen molar-refractivity contribution >= 4 is 45.4 Å². The molecule has 2 heterocycles. The van der Waals surface area contributed by atoms with Gasteiger partial charge >= 0.3 is 6.18 Å². The molecule has 1 aromatic rings. The number of thioether (sulfide) groups is 1. The van der Waals surface area contributed by atoms with Crippen LogP contribution in [0.3, 0.4) is 0 Å². The van der Waals surface area contributed by atoms with E-state index in [0.717, 1.165) is 21.3 Å². The van der Waals surface area contributed by atoms with E-state index < -0.39 is 11.9 Å². The Hall–Kier alpha value is -1.61. The average molecular weight is 405 g/mol. The molecule has 0 atom stereocenters. The van der Waals surface area contributed by atoms with Crippen LogP contribution in [0.4, 0.5) is 19.0 Å². The molecule has 0 saturated heterocycles. The van der Waals surface area contributed by atoms with Gasteiger partial charge in [0.1, 0.15) is 11.5 Å². The Labute approximate surface area is 143 Å². The lowest BCUT2D eigenvalue weighted by atomic mass is 10.1. The molecule has 0 aliphatic carbocycles. The second-order valence-corrected chi connectivity index (χ2v) is 6.60. The summed E-state index contributed by atoms with van der Waals surface area (Å²) in [4.78, 5) is 8.47. The van der Waals surface area contributed by atoms with Gasteiger partial charge in [0, 0.05) is 28.7 Å². The topological polar surface area (TPSA) is 61.1 Å². The van der Waals surface area contributed by atoms with Gasteiger partial charge < -0.3 is 10.7 Å². The quantitative estimate of drug-likeness (QED) is 0.708. The lowest BCUT2D eigenvalue weighted by molar-refractivity contribution is -0.0922. The van der Waals surface area contributed by atoms with Gasteiger partial charge in [-0.2, -0.15) is 13.2 Å². The van der Waals surface area contributed by atoms with E-state index in [0.29, 0.717) is 11.9 Å². The molecule has 1 aromatic heterocycles. The van der Waals surface area contributed by atoms with Crippen LogP contribution in [0, 0.1) is 5.41 Å². The van der Waals surface area contributed by atoms with Crippen molar-refractivity contribution in [3.63, 3.8) is 0 Å². The Morgan fingerprint density at radius 3 is 2.78 bits per heavy atom. The van der Waals surface area contributed by atoms with Crippen LogP contribution >= 0.6 is 27.7 Å². The number of nitrogens with one attached hydrogen (secondary N) is 2. The minimum atomic E-state index is -4.56. The van der Waals surface area contributed by atoms with E-state index in [1.165, 1.54) is 6.20 Å². The zero-order valence-corrected chi connectivity index (χ0v) is 14.3. The van der Waals surface area contributed by atoms with Crippen LogP contribution in [0.15, 0.2) is 50.2 Å². The molecule has 0 unspecified atom stereocenters. The molecule has 23 heavy (non-hydrogen) atoms. The predicted molar refractivity (Wildman–Crippen MR) is 90.4 cm³/mol. The second-order valence-electron chi connectivity index (χ2n) is 4.38. The Morgan fingerprint density at radius 1 is 1.43 bits per heavy atom. The van der Waals surface area contributed by atoms with Crippen molar-refractivity contribution in [2.24, 2.45) is 4.99 Å². The van der Waals surface area contributed by atoms with Crippen LogP contribution in [0.5, 0.6) is 0 Å². The Bertz CT molecular complexity index is 710. The number of pyridine rings is 1. The van der Waals surface area contributed by atoms with Crippen molar-refractivity contribution in [1.29, 1.82) is 5.41 Å². The second kappa shape index (κ2) is 7.31. The zero-order valence-electron chi connectivity index (χ0n) is 11.9. The summed E-state index contributed by atoms with van der Waals surface area (Å²) in [7, 11) is 0. The largest absolute Gasteiger partial charge is 0.433 e. The maximum absolute atomic E-state index is 12.5. The monoisotopic (exact) mass is 404 g/mol. The third kappa shape index (κ3) is 4.68. The molecule has 0 spiro atoms. The lowest BCUT2D eigenvalue weighted by Crippen LogP contribution is -2.17. The van der Waals surface area contributed by atoms with E-state index in [4.69, 9.17) is 5.41 Å². The highest BCUT2D eigenvalue weighted by atomic mass is 79.9. The molecule has 9 heteroatoms. The molecular weight excluding hydrogens is 393 g/mol. The van der Waals surface area contributed by atoms with Gasteiger partial charge in [0.2, 0.25) is 0 Å². The number of hydrogen-bond donors (Lipinski definition) is 2. The summed E-state index contributed by atoms with van der Waals surface area (Å²) in [6.45, 7) is 2.00.